The second-order valence-electron chi connectivity index (χ2n) is 5.83. The van der Waals surface area contributed by atoms with Crippen molar-refractivity contribution >= 4 is 33.6 Å². The van der Waals surface area contributed by atoms with Gasteiger partial charge >= 0.3 is 0 Å². The number of anilines is 2. The SMILES string of the molecule is CC(=O)c1c(Nc2ccc(C#N)cc2)sc(C(=O)c2ccccc2)c1C. The van der Waals surface area contributed by atoms with Crippen molar-refractivity contribution in [1.29, 1.82) is 5.26 Å². The van der Waals surface area contributed by atoms with Crippen molar-refractivity contribution in [3.05, 3.63) is 81.7 Å². The molecule has 0 unspecified atom stereocenters. The van der Waals surface area contributed by atoms with Gasteiger partial charge in [0.05, 0.1) is 22.1 Å². The molecule has 1 N–H and O–H groups in total. The minimum Gasteiger partial charge on any atom is -0.347 e. The maximum absolute atomic E-state index is 12.8. The largest absolute Gasteiger partial charge is 0.347 e. The van der Waals surface area contributed by atoms with Crippen molar-refractivity contribution in [2.24, 2.45) is 0 Å². The Labute approximate surface area is 155 Å². The number of nitrogens with one attached hydrogen (secondary N) is 1. The molecule has 0 spiro atoms. The molecule has 0 fully saturated rings. The van der Waals surface area contributed by atoms with E-state index in [1.54, 1.807) is 43.3 Å². The molecule has 0 aliphatic heterocycles. The highest BCUT2D eigenvalue weighted by molar-refractivity contribution is 7.18. The Balaban J connectivity index is 2.01. The van der Waals surface area contributed by atoms with Gasteiger partial charge in [0, 0.05) is 11.3 Å². The lowest BCUT2D eigenvalue weighted by molar-refractivity contribution is 0.101. The fourth-order valence-corrected chi connectivity index (χ4v) is 3.96. The van der Waals surface area contributed by atoms with Crippen LogP contribution in [0.4, 0.5) is 10.7 Å². The lowest BCUT2D eigenvalue weighted by atomic mass is 10.0. The van der Waals surface area contributed by atoms with Crippen LogP contribution in [0.5, 0.6) is 0 Å². The molecule has 0 atom stereocenters. The molecule has 5 heteroatoms. The average Bonchev–Trinajstić information content (AvgIpc) is 2.98. The number of benzene rings is 2. The molecular weight excluding hydrogens is 344 g/mol. The van der Waals surface area contributed by atoms with Gasteiger partial charge in [-0.05, 0) is 43.7 Å². The molecule has 0 amide bonds. The molecule has 1 aromatic heterocycles. The van der Waals surface area contributed by atoms with Gasteiger partial charge in [0.1, 0.15) is 5.00 Å². The molecule has 0 radical (unpaired) electrons. The van der Waals surface area contributed by atoms with E-state index in [1.807, 2.05) is 18.2 Å². The van der Waals surface area contributed by atoms with Crippen molar-refractivity contribution in [3.8, 4) is 6.07 Å². The van der Waals surface area contributed by atoms with Gasteiger partial charge in [-0.2, -0.15) is 5.26 Å². The van der Waals surface area contributed by atoms with E-state index in [0.717, 1.165) is 5.69 Å². The molecule has 26 heavy (non-hydrogen) atoms. The van der Waals surface area contributed by atoms with Crippen molar-refractivity contribution in [1.82, 2.24) is 0 Å². The van der Waals surface area contributed by atoms with E-state index in [2.05, 4.69) is 11.4 Å². The summed E-state index contributed by atoms with van der Waals surface area (Å²) >= 11 is 1.28. The van der Waals surface area contributed by atoms with E-state index in [9.17, 15) is 9.59 Å². The number of hydrogen-bond acceptors (Lipinski definition) is 5. The lowest BCUT2D eigenvalue weighted by Crippen LogP contribution is -2.02. The van der Waals surface area contributed by atoms with Crippen LogP contribution in [0.15, 0.2) is 54.6 Å². The summed E-state index contributed by atoms with van der Waals surface area (Å²) in [6.07, 6.45) is 0. The number of nitrogens with zero attached hydrogens (tertiary/aromatic N) is 1. The molecule has 2 aromatic carbocycles. The first-order valence-corrected chi connectivity index (χ1v) is 8.84. The number of ketones is 2. The highest BCUT2D eigenvalue weighted by Gasteiger charge is 2.23. The van der Waals surface area contributed by atoms with Crippen LogP contribution >= 0.6 is 11.3 Å². The van der Waals surface area contributed by atoms with Crippen LogP contribution in [-0.4, -0.2) is 11.6 Å². The van der Waals surface area contributed by atoms with Crippen LogP contribution < -0.4 is 5.32 Å². The van der Waals surface area contributed by atoms with Crippen molar-refractivity contribution in [3.63, 3.8) is 0 Å². The summed E-state index contributed by atoms with van der Waals surface area (Å²) in [6, 6.07) is 18.0. The third kappa shape index (κ3) is 3.41. The Kier molecular flexibility index (Phi) is 4.97. The van der Waals surface area contributed by atoms with Gasteiger partial charge in [0.2, 0.25) is 5.78 Å². The summed E-state index contributed by atoms with van der Waals surface area (Å²) in [4.78, 5) is 25.5. The van der Waals surface area contributed by atoms with Gasteiger partial charge in [-0.15, -0.1) is 11.3 Å². The van der Waals surface area contributed by atoms with Crippen LogP contribution in [0, 0.1) is 18.3 Å². The average molecular weight is 360 g/mol. The molecule has 0 saturated heterocycles. The maximum Gasteiger partial charge on any atom is 0.203 e. The van der Waals surface area contributed by atoms with Gasteiger partial charge in [0.15, 0.2) is 5.78 Å². The molecular formula is C21H16N2O2S. The molecule has 0 saturated carbocycles. The molecule has 0 bridgehead atoms. The fourth-order valence-electron chi connectivity index (χ4n) is 2.72. The van der Waals surface area contributed by atoms with Crippen LogP contribution in [0.2, 0.25) is 0 Å². The monoisotopic (exact) mass is 360 g/mol. The summed E-state index contributed by atoms with van der Waals surface area (Å²) < 4.78 is 0. The van der Waals surface area contributed by atoms with Gasteiger partial charge in [-0.25, -0.2) is 0 Å². The first-order chi connectivity index (χ1) is 12.5. The van der Waals surface area contributed by atoms with E-state index in [1.165, 1.54) is 18.3 Å². The third-order valence-electron chi connectivity index (χ3n) is 4.01. The van der Waals surface area contributed by atoms with Crippen LogP contribution in [-0.2, 0) is 0 Å². The zero-order valence-electron chi connectivity index (χ0n) is 14.4. The summed E-state index contributed by atoms with van der Waals surface area (Å²) in [6.45, 7) is 3.29. The number of rotatable bonds is 5. The zero-order chi connectivity index (χ0) is 18.7. The fraction of sp³-hybridized carbons (Fsp3) is 0.0952. The van der Waals surface area contributed by atoms with E-state index < -0.39 is 0 Å². The second kappa shape index (κ2) is 7.34. The molecule has 128 valence electrons. The van der Waals surface area contributed by atoms with E-state index in [0.29, 0.717) is 32.1 Å². The quantitative estimate of drug-likeness (QED) is 0.642. The lowest BCUT2D eigenvalue weighted by Gasteiger charge is -2.06. The summed E-state index contributed by atoms with van der Waals surface area (Å²) in [7, 11) is 0. The summed E-state index contributed by atoms with van der Waals surface area (Å²) in [5.41, 5.74) is 3.12. The molecule has 0 aliphatic rings. The Bertz CT molecular complexity index is 1010. The summed E-state index contributed by atoms with van der Waals surface area (Å²) in [5.74, 6) is -0.189. The topological polar surface area (TPSA) is 70.0 Å². The number of carbonyl (C=O) groups excluding carboxylic acids is 2. The minimum atomic E-state index is -0.0954. The predicted molar refractivity (Wildman–Crippen MR) is 103 cm³/mol. The smallest absolute Gasteiger partial charge is 0.203 e. The van der Waals surface area contributed by atoms with Crippen molar-refractivity contribution < 1.29 is 9.59 Å². The first kappa shape index (κ1) is 17.6. The predicted octanol–water partition coefficient (Wildman–Crippen LogP) is 5.11. The summed E-state index contributed by atoms with van der Waals surface area (Å²) in [5, 5.41) is 12.7. The maximum atomic E-state index is 12.8. The van der Waals surface area contributed by atoms with Gasteiger partial charge in [-0.1, -0.05) is 30.3 Å². The number of hydrogen-bond donors (Lipinski definition) is 1. The Morgan fingerprint density at radius 1 is 1.04 bits per heavy atom. The van der Waals surface area contributed by atoms with Gasteiger partial charge in [0.25, 0.3) is 0 Å². The first-order valence-electron chi connectivity index (χ1n) is 8.02. The Morgan fingerprint density at radius 3 is 2.27 bits per heavy atom. The van der Waals surface area contributed by atoms with E-state index >= 15 is 0 Å². The van der Waals surface area contributed by atoms with Crippen molar-refractivity contribution in [2.75, 3.05) is 5.32 Å². The molecule has 4 nitrogen and oxygen atoms in total. The minimum absolute atomic E-state index is 0.0940. The highest BCUT2D eigenvalue weighted by Crippen LogP contribution is 2.36. The van der Waals surface area contributed by atoms with Crippen molar-refractivity contribution in [2.45, 2.75) is 13.8 Å². The molecule has 1 heterocycles. The Hall–Kier alpha value is -3.23. The highest BCUT2D eigenvalue weighted by atomic mass is 32.1. The number of carbonyl (C=O) groups is 2. The molecule has 3 aromatic rings. The second-order valence-corrected chi connectivity index (χ2v) is 6.85. The number of Topliss-reactive ketones (excluding diaryl/α,β-unsaturated/α-hetero) is 1. The normalized spacial score (nSPS) is 10.2. The van der Waals surface area contributed by atoms with E-state index in [-0.39, 0.29) is 11.6 Å². The molecule has 3 rings (SSSR count). The van der Waals surface area contributed by atoms with E-state index in [4.69, 9.17) is 5.26 Å². The van der Waals surface area contributed by atoms with Gasteiger partial charge < -0.3 is 5.32 Å². The van der Waals surface area contributed by atoms with Gasteiger partial charge in [-0.3, -0.25) is 9.59 Å². The van der Waals surface area contributed by atoms with Crippen LogP contribution in [0.1, 0.15) is 43.6 Å². The Morgan fingerprint density at radius 2 is 1.69 bits per heavy atom. The molecule has 0 aliphatic carbocycles. The number of thiophene rings is 1. The van der Waals surface area contributed by atoms with Crippen LogP contribution in [0.3, 0.4) is 0 Å². The number of nitriles is 1. The zero-order valence-corrected chi connectivity index (χ0v) is 15.2. The standard InChI is InChI=1S/C21H16N2O2S/c1-13-18(14(2)24)21(23-17-10-8-15(12-22)9-11-17)26-20(13)19(25)16-6-4-3-5-7-16/h3-11,23H,1-2H3. The third-order valence-corrected chi connectivity index (χ3v) is 5.22. The van der Waals surface area contributed by atoms with Crippen LogP contribution in [0.25, 0.3) is 0 Å².